The number of rotatable bonds is 6. The fraction of sp³-hybridized carbons (Fsp3) is 0.103. The van der Waals surface area contributed by atoms with Crippen molar-refractivity contribution < 1.29 is 10.2 Å². The third kappa shape index (κ3) is 3.95. The van der Waals surface area contributed by atoms with Gasteiger partial charge in [-0.05, 0) is 78.2 Å². The Morgan fingerprint density at radius 1 is 0.667 bits per heavy atom. The van der Waals surface area contributed by atoms with Crippen LogP contribution in [0, 0.1) is 0 Å². The summed E-state index contributed by atoms with van der Waals surface area (Å²) in [6.07, 6.45) is 8.22. The molecule has 0 bridgehead atoms. The minimum atomic E-state index is -0.0861. The predicted molar refractivity (Wildman–Crippen MR) is 141 cm³/mol. The molecule has 0 saturated carbocycles. The van der Waals surface area contributed by atoms with E-state index in [-0.39, 0.29) is 13.2 Å². The maximum Gasteiger partial charge on any atom is 0.0876 e. The second kappa shape index (κ2) is 9.24. The summed E-state index contributed by atoms with van der Waals surface area (Å²) in [7, 11) is 0. The first-order valence-electron chi connectivity index (χ1n) is 11.7. The third-order valence-corrected chi connectivity index (χ3v) is 6.69. The highest BCUT2D eigenvalue weighted by atomic mass is 35.5. The maximum atomic E-state index is 9.98. The molecule has 0 aliphatic heterocycles. The lowest BCUT2D eigenvalue weighted by Gasteiger charge is -2.09. The summed E-state index contributed by atoms with van der Waals surface area (Å²) in [5.41, 5.74) is 9.20. The van der Waals surface area contributed by atoms with E-state index in [0.717, 1.165) is 56.1 Å². The Morgan fingerprint density at radius 3 is 2.06 bits per heavy atom. The molecule has 0 spiro atoms. The van der Waals surface area contributed by atoms with Gasteiger partial charge in [0, 0.05) is 52.0 Å². The molecule has 0 atom stereocenters. The van der Waals surface area contributed by atoms with Crippen LogP contribution in [-0.4, -0.2) is 29.0 Å². The summed E-state index contributed by atoms with van der Waals surface area (Å²) in [6.45, 7) is -0.141. The minimum absolute atomic E-state index is 0.0552. The maximum absolute atomic E-state index is 9.98. The van der Waals surface area contributed by atoms with Crippen LogP contribution >= 0.6 is 11.6 Å². The smallest absolute Gasteiger partial charge is 0.0876 e. The Bertz CT molecular complexity index is 1710. The summed E-state index contributed by atoms with van der Waals surface area (Å²) in [5, 5.41) is 20.6. The van der Waals surface area contributed by atoms with E-state index in [2.05, 4.69) is 32.6 Å². The zero-order chi connectivity index (χ0) is 24.6. The molecule has 0 radical (unpaired) electrons. The van der Waals surface area contributed by atoms with Crippen molar-refractivity contribution in [1.29, 1.82) is 0 Å². The van der Waals surface area contributed by atoms with E-state index >= 15 is 0 Å². The van der Waals surface area contributed by atoms with Gasteiger partial charge in [-0.1, -0.05) is 17.7 Å². The molecule has 0 fully saturated rings. The van der Waals surface area contributed by atoms with Gasteiger partial charge in [0.05, 0.1) is 36.0 Å². The highest BCUT2D eigenvalue weighted by Gasteiger charge is 2.15. The molecule has 6 heterocycles. The number of nitrogens with zero attached hydrogens (tertiary/aromatic N) is 4. The second-order valence-corrected chi connectivity index (χ2v) is 9.20. The molecule has 6 aromatic rings. The van der Waals surface area contributed by atoms with E-state index in [1.165, 1.54) is 0 Å². The van der Waals surface area contributed by atoms with E-state index in [0.29, 0.717) is 11.4 Å². The number of aliphatic hydroxyl groups is 2. The van der Waals surface area contributed by atoms with Gasteiger partial charge in [-0.25, -0.2) is 0 Å². The Balaban J connectivity index is 1.37. The lowest BCUT2D eigenvalue weighted by Crippen LogP contribution is -1.97. The Labute approximate surface area is 212 Å². The standard InChI is InChI=1S/C29H23ClN4O2/c30-23-6-10-34-25(16-23)15-22(18-36)29(34)27-13-19(4-8-32-27)11-20-5-9-33-24(12-20)14-21(17-35)28(33)26-3-1-2-7-31-26/h1-10,12-16,35-36H,11,17-18H2. The molecule has 178 valence electrons. The van der Waals surface area contributed by atoms with Gasteiger partial charge in [0.2, 0.25) is 0 Å². The van der Waals surface area contributed by atoms with Crippen LogP contribution in [-0.2, 0) is 19.6 Å². The number of halogens is 1. The van der Waals surface area contributed by atoms with Crippen molar-refractivity contribution in [3.63, 3.8) is 0 Å². The van der Waals surface area contributed by atoms with Crippen LogP contribution in [0.1, 0.15) is 22.3 Å². The monoisotopic (exact) mass is 494 g/mol. The van der Waals surface area contributed by atoms with Gasteiger partial charge in [0.15, 0.2) is 0 Å². The van der Waals surface area contributed by atoms with Crippen molar-refractivity contribution in [2.75, 3.05) is 0 Å². The molecule has 6 rings (SSSR count). The van der Waals surface area contributed by atoms with Gasteiger partial charge in [0.1, 0.15) is 0 Å². The Kier molecular flexibility index (Phi) is 5.77. The highest BCUT2D eigenvalue weighted by Crippen LogP contribution is 2.30. The van der Waals surface area contributed by atoms with Crippen molar-refractivity contribution in [3.8, 4) is 22.8 Å². The van der Waals surface area contributed by atoms with Crippen LogP contribution in [0.4, 0.5) is 0 Å². The average Bonchev–Trinajstić information content (AvgIpc) is 3.46. The topological polar surface area (TPSA) is 75.1 Å². The lowest BCUT2D eigenvalue weighted by atomic mass is 10.0. The molecule has 0 saturated heterocycles. The van der Waals surface area contributed by atoms with Gasteiger partial charge in [0.25, 0.3) is 0 Å². The van der Waals surface area contributed by atoms with Crippen LogP contribution in [0.25, 0.3) is 33.8 Å². The van der Waals surface area contributed by atoms with Crippen molar-refractivity contribution in [1.82, 2.24) is 18.8 Å². The minimum Gasteiger partial charge on any atom is -0.392 e. The first-order valence-corrected chi connectivity index (χ1v) is 12.0. The van der Waals surface area contributed by atoms with Crippen molar-refractivity contribution in [2.45, 2.75) is 19.6 Å². The van der Waals surface area contributed by atoms with Crippen LogP contribution in [0.2, 0.25) is 5.02 Å². The molecular weight excluding hydrogens is 472 g/mol. The zero-order valence-corrected chi connectivity index (χ0v) is 20.1. The van der Waals surface area contributed by atoms with Crippen molar-refractivity contribution in [3.05, 3.63) is 119 Å². The van der Waals surface area contributed by atoms with E-state index in [1.807, 2.05) is 65.3 Å². The molecule has 0 amide bonds. The third-order valence-electron chi connectivity index (χ3n) is 6.45. The predicted octanol–water partition coefficient (Wildman–Crippen LogP) is 5.54. The van der Waals surface area contributed by atoms with Crippen molar-refractivity contribution >= 4 is 22.6 Å². The van der Waals surface area contributed by atoms with Gasteiger partial charge < -0.3 is 19.0 Å². The van der Waals surface area contributed by atoms with Crippen LogP contribution in [0.3, 0.4) is 0 Å². The van der Waals surface area contributed by atoms with Gasteiger partial charge in [-0.2, -0.15) is 0 Å². The normalized spacial score (nSPS) is 11.5. The Hall–Kier alpha value is -3.97. The van der Waals surface area contributed by atoms with Gasteiger partial charge in [-0.15, -0.1) is 0 Å². The Morgan fingerprint density at radius 2 is 1.33 bits per heavy atom. The lowest BCUT2D eigenvalue weighted by molar-refractivity contribution is 0.282. The number of fused-ring (bicyclic) bond motifs is 2. The van der Waals surface area contributed by atoms with E-state index < -0.39 is 0 Å². The van der Waals surface area contributed by atoms with E-state index in [4.69, 9.17) is 11.6 Å². The molecule has 0 aliphatic rings. The highest BCUT2D eigenvalue weighted by molar-refractivity contribution is 6.30. The zero-order valence-electron chi connectivity index (χ0n) is 19.3. The molecule has 36 heavy (non-hydrogen) atoms. The fourth-order valence-electron chi connectivity index (χ4n) is 4.87. The number of hydrogen-bond acceptors (Lipinski definition) is 4. The van der Waals surface area contributed by atoms with Crippen LogP contribution in [0.5, 0.6) is 0 Å². The number of aliphatic hydroxyl groups excluding tert-OH is 2. The average molecular weight is 495 g/mol. The molecule has 6 aromatic heterocycles. The summed E-state index contributed by atoms with van der Waals surface area (Å²) >= 11 is 6.17. The fourth-order valence-corrected chi connectivity index (χ4v) is 5.03. The SMILES string of the molecule is OCc1cc2cc(Cl)ccn2c1-c1cc(Cc2ccn3c(-c4ccccn4)c(CO)cc3c2)ccn1. The summed E-state index contributed by atoms with van der Waals surface area (Å²) < 4.78 is 4.08. The summed E-state index contributed by atoms with van der Waals surface area (Å²) in [4.78, 5) is 9.09. The molecule has 6 nitrogen and oxygen atoms in total. The largest absolute Gasteiger partial charge is 0.392 e. The van der Waals surface area contributed by atoms with Crippen LogP contribution in [0.15, 0.2) is 91.5 Å². The van der Waals surface area contributed by atoms with Gasteiger partial charge in [-0.3, -0.25) is 9.97 Å². The number of pyridine rings is 4. The first kappa shape index (κ1) is 22.5. The number of hydrogen-bond donors (Lipinski definition) is 2. The van der Waals surface area contributed by atoms with E-state index in [9.17, 15) is 10.2 Å². The van der Waals surface area contributed by atoms with Crippen molar-refractivity contribution in [2.24, 2.45) is 0 Å². The second-order valence-electron chi connectivity index (χ2n) is 8.76. The molecule has 7 heteroatoms. The summed E-state index contributed by atoms with van der Waals surface area (Å²) in [5.74, 6) is 0. The molecule has 0 aliphatic carbocycles. The molecule has 2 N–H and O–H groups in total. The van der Waals surface area contributed by atoms with Gasteiger partial charge >= 0.3 is 0 Å². The van der Waals surface area contributed by atoms with Crippen LogP contribution < -0.4 is 0 Å². The molecular formula is C29H23ClN4O2. The first-order chi connectivity index (χ1) is 17.6. The summed E-state index contributed by atoms with van der Waals surface area (Å²) in [6, 6.07) is 21.7. The number of aromatic nitrogens is 4. The van der Waals surface area contributed by atoms with E-state index in [1.54, 1.807) is 12.4 Å². The quantitative estimate of drug-likeness (QED) is 0.318. The molecule has 0 unspecified atom stereocenters. The molecule has 0 aromatic carbocycles.